The van der Waals surface area contributed by atoms with Crippen LogP contribution in [0.3, 0.4) is 0 Å². The minimum absolute atomic E-state index is 0.353. The second-order valence-electron chi connectivity index (χ2n) is 2.70. The quantitative estimate of drug-likeness (QED) is 0.564. The number of hydrogen-bond donors (Lipinski definition) is 2. The summed E-state index contributed by atoms with van der Waals surface area (Å²) in [5.74, 6) is 0.523. The van der Waals surface area contributed by atoms with E-state index in [1.165, 1.54) is 0 Å². The van der Waals surface area contributed by atoms with Crippen LogP contribution in [-0.2, 0) is 0 Å². The van der Waals surface area contributed by atoms with Gasteiger partial charge >= 0.3 is 0 Å². The van der Waals surface area contributed by atoms with Crippen LogP contribution in [0, 0.1) is 5.92 Å². The Morgan fingerprint density at radius 3 is 2.89 bits per heavy atom. The van der Waals surface area contributed by atoms with Crippen molar-refractivity contribution in [2.75, 3.05) is 13.2 Å². The van der Waals surface area contributed by atoms with Crippen LogP contribution in [0.25, 0.3) is 0 Å². The van der Waals surface area contributed by atoms with Crippen molar-refractivity contribution in [3.8, 4) is 0 Å². The summed E-state index contributed by atoms with van der Waals surface area (Å²) in [6.45, 7) is 3.60. The molecule has 1 heterocycles. The molecular weight excluding hydrogens is 114 g/mol. The molecule has 0 aliphatic carbocycles. The van der Waals surface area contributed by atoms with E-state index in [4.69, 9.17) is 5.11 Å². The van der Waals surface area contributed by atoms with Gasteiger partial charge in [-0.1, -0.05) is 6.92 Å². The Kier molecular flexibility index (Phi) is 2.49. The molecule has 0 amide bonds. The van der Waals surface area contributed by atoms with Gasteiger partial charge in [-0.3, -0.25) is 0 Å². The molecule has 2 atom stereocenters. The fourth-order valence-electron chi connectivity index (χ4n) is 1.52. The lowest BCUT2D eigenvalue weighted by atomic mass is 10.0. The summed E-state index contributed by atoms with van der Waals surface area (Å²) < 4.78 is 0. The zero-order valence-electron chi connectivity index (χ0n) is 5.93. The topological polar surface area (TPSA) is 32.3 Å². The molecule has 1 rings (SSSR count). The van der Waals surface area contributed by atoms with E-state index >= 15 is 0 Å². The van der Waals surface area contributed by atoms with Crippen molar-refractivity contribution in [2.24, 2.45) is 5.92 Å². The van der Waals surface area contributed by atoms with E-state index in [1.54, 1.807) is 0 Å². The largest absolute Gasteiger partial charge is 0.396 e. The van der Waals surface area contributed by atoms with Gasteiger partial charge in [0.1, 0.15) is 0 Å². The Labute approximate surface area is 56.3 Å². The minimum Gasteiger partial charge on any atom is -0.396 e. The smallest absolute Gasteiger partial charge is 0.0474 e. The van der Waals surface area contributed by atoms with E-state index < -0.39 is 0 Å². The van der Waals surface area contributed by atoms with E-state index in [2.05, 4.69) is 12.2 Å². The summed E-state index contributed by atoms with van der Waals surface area (Å²) in [6.07, 6.45) is 2.29. The molecule has 0 aromatic carbocycles. The van der Waals surface area contributed by atoms with Crippen molar-refractivity contribution in [3.05, 3.63) is 0 Å². The van der Waals surface area contributed by atoms with Crippen molar-refractivity contribution < 1.29 is 5.11 Å². The first kappa shape index (κ1) is 7.03. The van der Waals surface area contributed by atoms with Crippen LogP contribution in [0.1, 0.15) is 19.8 Å². The zero-order chi connectivity index (χ0) is 6.69. The average Bonchev–Trinajstić information content (AvgIpc) is 2.33. The second-order valence-corrected chi connectivity index (χ2v) is 2.70. The van der Waals surface area contributed by atoms with Gasteiger partial charge in [0.25, 0.3) is 0 Å². The molecule has 1 fully saturated rings. The lowest BCUT2D eigenvalue weighted by Crippen LogP contribution is -2.27. The molecule has 2 N–H and O–H groups in total. The van der Waals surface area contributed by atoms with Crippen molar-refractivity contribution >= 4 is 0 Å². The van der Waals surface area contributed by atoms with Crippen molar-refractivity contribution in [2.45, 2.75) is 25.8 Å². The molecule has 0 saturated carbocycles. The Bertz CT molecular complexity index is 75.0. The number of aliphatic hydroxyl groups excluding tert-OH is 1. The molecule has 1 aliphatic rings. The first-order valence-corrected chi connectivity index (χ1v) is 3.72. The molecule has 1 saturated heterocycles. The molecule has 2 nitrogen and oxygen atoms in total. The maximum Gasteiger partial charge on any atom is 0.0474 e. The van der Waals surface area contributed by atoms with Crippen LogP contribution < -0.4 is 5.32 Å². The third-order valence-corrected chi connectivity index (χ3v) is 2.17. The Morgan fingerprint density at radius 2 is 2.44 bits per heavy atom. The van der Waals surface area contributed by atoms with Crippen LogP contribution >= 0.6 is 0 Å². The number of aliphatic hydroxyl groups is 1. The highest BCUT2D eigenvalue weighted by atomic mass is 16.3. The second kappa shape index (κ2) is 3.18. The summed E-state index contributed by atoms with van der Waals surface area (Å²) in [5, 5.41) is 12.2. The molecule has 0 aromatic heterocycles. The summed E-state index contributed by atoms with van der Waals surface area (Å²) in [4.78, 5) is 0. The van der Waals surface area contributed by atoms with Crippen molar-refractivity contribution in [1.29, 1.82) is 0 Å². The molecule has 9 heavy (non-hydrogen) atoms. The standard InChI is InChI=1S/C7H15NO/c1-2-7-6(5-9)3-4-8-7/h6-9H,2-5H2,1H3/t6-,7-/m1/s1. The molecule has 0 bridgehead atoms. The van der Waals surface area contributed by atoms with Crippen LogP contribution in [0.15, 0.2) is 0 Å². The molecule has 0 spiro atoms. The van der Waals surface area contributed by atoms with E-state index in [0.717, 1.165) is 19.4 Å². The van der Waals surface area contributed by atoms with Crippen LogP contribution in [-0.4, -0.2) is 24.3 Å². The van der Waals surface area contributed by atoms with Gasteiger partial charge in [-0.25, -0.2) is 0 Å². The SMILES string of the molecule is CC[C@H]1NCC[C@@H]1CO. The monoisotopic (exact) mass is 129 g/mol. The highest BCUT2D eigenvalue weighted by molar-refractivity contribution is 4.81. The highest BCUT2D eigenvalue weighted by Crippen LogP contribution is 2.16. The fraction of sp³-hybridized carbons (Fsp3) is 1.00. The molecule has 0 aromatic rings. The highest BCUT2D eigenvalue weighted by Gasteiger charge is 2.23. The van der Waals surface area contributed by atoms with Crippen LogP contribution in [0.5, 0.6) is 0 Å². The predicted molar refractivity (Wildman–Crippen MR) is 37.3 cm³/mol. The van der Waals surface area contributed by atoms with Gasteiger partial charge in [0.15, 0.2) is 0 Å². The molecule has 2 heteroatoms. The number of hydrogen-bond acceptors (Lipinski definition) is 2. The number of rotatable bonds is 2. The molecule has 0 radical (unpaired) electrons. The summed E-state index contributed by atoms with van der Waals surface area (Å²) >= 11 is 0. The third kappa shape index (κ3) is 1.43. The maximum atomic E-state index is 8.83. The van der Waals surface area contributed by atoms with Crippen molar-refractivity contribution in [1.82, 2.24) is 5.32 Å². The summed E-state index contributed by atoms with van der Waals surface area (Å²) in [5.41, 5.74) is 0. The van der Waals surface area contributed by atoms with Gasteiger partial charge in [0.2, 0.25) is 0 Å². The Balaban J connectivity index is 2.32. The molecule has 54 valence electrons. The Morgan fingerprint density at radius 1 is 1.67 bits per heavy atom. The zero-order valence-corrected chi connectivity index (χ0v) is 5.93. The number of nitrogens with one attached hydrogen (secondary N) is 1. The predicted octanol–water partition coefficient (Wildman–Crippen LogP) is 0.367. The first-order chi connectivity index (χ1) is 4.38. The van der Waals surface area contributed by atoms with Crippen LogP contribution in [0.2, 0.25) is 0 Å². The van der Waals surface area contributed by atoms with Crippen LogP contribution in [0.4, 0.5) is 0 Å². The van der Waals surface area contributed by atoms with Gasteiger partial charge in [-0.2, -0.15) is 0 Å². The van der Waals surface area contributed by atoms with Gasteiger partial charge in [-0.15, -0.1) is 0 Å². The Hall–Kier alpha value is -0.0800. The van der Waals surface area contributed by atoms with E-state index in [0.29, 0.717) is 18.6 Å². The van der Waals surface area contributed by atoms with Crippen molar-refractivity contribution in [3.63, 3.8) is 0 Å². The van der Waals surface area contributed by atoms with E-state index in [1.807, 2.05) is 0 Å². The lowest BCUT2D eigenvalue weighted by molar-refractivity contribution is 0.212. The lowest BCUT2D eigenvalue weighted by Gasteiger charge is -2.13. The summed E-state index contributed by atoms with van der Waals surface area (Å²) in [7, 11) is 0. The van der Waals surface area contributed by atoms with E-state index in [-0.39, 0.29) is 0 Å². The third-order valence-electron chi connectivity index (χ3n) is 2.17. The van der Waals surface area contributed by atoms with Gasteiger partial charge in [-0.05, 0) is 25.3 Å². The van der Waals surface area contributed by atoms with E-state index in [9.17, 15) is 0 Å². The molecule has 1 aliphatic heterocycles. The average molecular weight is 129 g/mol. The van der Waals surface area contributed by atoms with Gasteiger partial charge < -0.3 is 10.4 Å². The molecule has 0 unspecified atom stereocenters. The maximum absolute atomic E-state index is 8.83. The van der Waals surface area contributed by atoms with Gasteiger partial charge in [0.05, 0.1) is 0 Å². The minimum atomic E-state index is 0.353. The normalized spacial score (nSPS) is 35.3. The molecular formula is C7H15NO. The summed E-state index contributed by atoms with van der Waals surface area (Å²) in [6, 6.07) is 0.579. The van der Waals surface area contributed by atoms with Gasteiger partial charge in [0, 0.05) is 12.6 Å². The first-order valence-electron chi connectivity index (χ1n) is 3.72. The fourth-order valence-corrected chi connectivity index (χ4v) is 1.52.